The van der Waals surface area contributed by atoms with Crippen molar-refractivity contribution in [3.63, 3.8) is 0 Å². The van der Waals surface area contributed by atoms with Crippen LogP contribution in [-0.4, -0.2) is 23.7 Å². The van der Waals surface area contributed by atoms with Crippen LogP contribution in [0.25, 0.3) is 0 Å². The highest BCUT2D eigenvalue weighted by atomic mass is 31.2. The molecule has 0 heterocycles. The summed E-state index contributed by atoms with van der Waals surface area (Å²) in [5.41, 5.74) is -0.121. The Balaban J connectivity index is 2.16. The van der Waals surface area contributed by atoms with Crippen molar-refractivity contribution in [3.05, 3.63) is 64.7 Å². The fourth-order valence-corrected chi connectivity index (χ4v) is 4.69. The standard InChI is InChI=1S/C22H28NO7P/c1-4-18(5-2)15-28-22(24)17(3)16-31(27,29-20-9-7-6-8-10-20)30-21-13-11-19(12-14-21)23(25)26/h6-14,17-18H,4-5,15-16H2,1-3H3. The van der Waals surface area contributed by atoms with E-state index in [0.29, 0.717) is 12.4 Å². The molecule has 0 amide bonds. The largest absolute Gasteiger partial charge is 0.465 e. The molecule has 0 radical (unpaired) electrons. The smallest absolute Gasteiger partial charge is 0.431 e. The van der Waals surface area contributed by atoms with Gasteiger partial charge in [0.2, 0.25) is 0 Å². The minimum atomic E-state index is -3.84. The topological polar surface area (TPSA) is 105 Å². The van der Waals surface area contributed by atoms with E-state index in [4.69, 9.17) is 13.8 Å². The van der Waals surface area contributed by atoms with Gasteiger partial charge in [-0.3, -0.25) is 14.9 Å². The Morgan fingerprint density at radius 2 is 1.55 bits per heavy atom. The number of carbonyl (C=O) groups excluding carboxylic acids is 1. The van der Waals surface area contributed by atoms with E-state index in [1.54, 1.807) is 37.3 Å². The van der Waals surface area contributed by atoms with E-state index >= 15 is 0 Å². The summed E-state index contributed by atoms with van der Waals surface area (Å²) >= 11 is 0. The monoisotopic (exact) mass is 449 g/mol. The summed E-state index contributed by atoms with van der Waals surface area (Å²) in [6.45, 7) is 5.98. The number of non-ortho nitro benzene ring substituents is 1. The van der Waals surface area contributed by atoms with Crippen LogP contribution in [0.2, 0.25) is 0 Å². The van der Waals surface area contributed by atoms with Gasteiger partial charge >= 0.3 is 13.6 Å². The maximum atomic E-state index is 13.6. The molecular weight excluding hydrogens is 421 g/mol. The molecule has 0 spiro atoms. The first-order valence-corrected chi connectivity index (χ1v) is 11.9. The Morgan fingerprint density at radius 1 is 1.00 bits per heavy atom. The number of para-hydroxylation sites is 1. The van der Waals surface area contributed by atoms with E-state index in [1.165, 1.54) is 24.3 Å². The molecule has 0 fully saturated rings. The lowest BCUT2D eigenvalue weighted by Crippen LogP contribution is -2.23. The van der Waals surface area contributed by atoms with E-state index in [0.717, 1.165) is 12.8 Å². The van der Waals surface area contributed by atoms with E-state index in [1.807, 2.05) is 13.8 Å². The van der Waals surface area contributed by atoms with Gasteiger partial charge in [-0.15, -0.1) is 0 Å². The molecular formula is C22H28NO7P. The van der Waals surface area contributed by atoms with Gasteiger partial charge in [-0.1, -0.05) is 51.8 Å². The molecule has 0 aromatic heterocycles. The van der Waals surface area contributed by atoms with Crippen molar-refractivity contribution in [2.24, 2.45) is 11.8 Å². The molecule has 2 rings (SSSR count). The van der Waals surface area contributed by atoms with Gasteiger partial charge in [0.25, 0.3) is 5.69 Å². The van der Waals surface area contributed by atoms with Crippen molar-refractivity contribution in [2.75, 3.05) is 12.8 Å². The second-order valence-electron chi connectivity index (χ2n) is 7.25. The summed E-state index contributed by atoms with van der Waals surface area (Å²) in [5, 5.41) is 10.8. The maximum Gasteiger partial charge on any atom is 0.431 e. The number of hydrogen-bond donors (Lipinski definition) is 0. The average molecular weight is 449 g/mol. The SMILES string of the molecule is CCC(CC)COC(=O)C(C)CP(=O)(Oc1ccccc1)Oc1ccc([N+](=O)[O-])cc1. The highest BCUT2D eigenvalue weighted by molar-refractivity contribution is 7.54. The number of nitro groups is 1. The van der Waals surface area contributed by atoms with Gasteiger partial charge in [-0.25, -0.2) is 4.57 Å². The fraction of sp³-hybridized carbons (Fsp3) is 0.409. The van der Waals surface area contributed by atoms with E-state index < -0.39 is 24.4 Å². The predicted molar refractivity (Wildman–Crippen MR) is 117 cm³/mol. The number of rotatable bonds is 12. The molecule has 31 heavy (non-hydrogen) atoms. The van der Waals surface area contributed by atoms with Crippen LogP contribution in [0.1, 0.15) is 33.6 Å². The molecule has 8 nitrogen and oxygen atoms in total. The molecule has 9 heteroatoms. The molecule has 0 saturated heterocycles. The molecule has 2 aromatic carbocycles. The Bertz CT molecular complexity index is 898. The molecule has 0 aliphatic rings. The summed E-state index contributed by atoms with van der Waals surface area (Å²) in [6.07, 6.45) is 1.59. The van der Waals surface area contributed by atoms with Gasteiger partial charge in [0.15, 0.2) is 0 Å². The Hall–Kier alpha value is -2.86. The second kappa shape index (κ2) is 11.5. The van der Waals surface area contributed by atoms with Gasteiger partial charge in [0, 0.05) is 12.1 Å². The van der Waals surface area contributed by atoms with Crippen molar-refractivity contribution < 1.29 is 28.1 Å². The second-order valence-corrected chi connectivity index (χ2v) is 9.21. The van der Waals surface area contributed by atoms with E-state index in [2.05, 4.69) is 0 Å². The van der Waals surface area contributed by atoms with Crippen LogP contribution in [-0.2, 0) is 14.1 Å². The summed E-state index contributed by atoms with van der Waals surface area (Å²) < 4.78 is 30.2. The lowest BCUT2D eigenvalue weighted by molar-refractivity contribution is -0.384. The zero-order valence-corrected chi connectivity index (χ0v) is 18.8. The van der Waals surface area contributed by atoms with Crippen LogP contribution in [0, 0.1) is 22.0 Å². The molecule has 2 aromatic rings. The molecule has 168 valence electrons. The first kappa shape index (κ1) is 24.4. The van der Waals surface area contributed by atoms with Crippen molar-refractivity contribution in [1.82, 2.24) is 0 Å². The third-order valence-electron chi connectivity index (χ3n) is 4.80. The van der Waals surface area contributed by atoms with Crippen molar-refractivity contribution in [2.45, 2.75) is 33.6 Å². The van der Waals surface area contributed by atoms with Crippen LogP contribution >= 0.6 is 7.60 Å². The van der Waals surface area contributed by atoms with Crippen LogP contribution in [0.5, 0.6) is 11.5 Å². The van der Waals surface area contributed by atoms with Gasteiger partial charge in [-0.05, 0) is 30.2 Å². The predicted octanol–water partition coefficient (Wildman–Crippen LogP) is 5.86. The molecule has 2 atom stereocenters. The number of hydrogen-bond acceptors (Lipinski definition) is 7. The van der Waals surface area contributed by atoms with Crippen molar-refractivity contribution >= 4 is 19.3 Å². The van der Waals surface area contributed by atoms with Crippen LogP contribution in [0.15, 0.2) is 54.6 Å². The first-order chi connectivity index (χ1) is 14.8. The quantitative estimate of drug-likeness (QED) is 0.173. The number of esters is 1. The average Bonchev–Trinajstić information content (AvgIpc) is 2.75. The van der Waals surface area contributed by atoms with Crippen molar-refractivity contribution in [3.8, 4) is 11.5 Å². The van der Waals surface area contributed by atoms with Gasteiger partial charge in [0.1, 0.15) is 11.5 Å². The summed E-state index contributed by atoms with van der Waals surface area (Å²) in [4.78, 5) is 22.8. The Labute approximate surface area is 182 Å². The van der Waals surface area contributed by atoms with Gasteiger partial charge < -0.3 is 13.8 Å². The molecule has 2 unspecified atom stereocenters. The Kier molecular flexibility index (Phi) is 9.06. The molecule has 0 aliphatic carbocycles. The summed E-state index contributed by atoms with van der Waals surface area (Å²) in [7, 11) is -3.84. The number of nitro benzene ring substituents is 1. The number of carbonyl (C=O) groups is 1. The lowest BCUT2D eigenvalue weighted by atomic mass is 10.1. The first-order valence-electron chi connectivity index (χ1n) is 10.2. The third kappa shape index (κ3) is 7.72. The van der Waals surface area contributed by atoms with Gasteiger partial charge in [-0.2, -0.15) is 0 Å². The number of benzene rings is 2. The number of nitrogens with zero attached hydrogens (tertiary/aromatic N) is 1. The van der Waals surface area contributed by atoms with Crippen molar-refractivity contribution in [1.29, 1.82) is 0 Å². The number of ether oxygens (including phenoxy) is 1. The lowest BCUT2D eigenvalue weighted by Gasteiger charge is -2.23. The summed E-state index contributed by atoms with van der Waals surface area (Å²) in [5.74, 6) is -0.467. The molecule has 0 saturated carbocycles. The molecule has 0 bridgehead atoms. The van der Waals surface area contributed by atoms with E-state index in [-0.39, 0.29) is 23.5 Å². The highest BCUT2D eigenvalue weighted by Crippen LogP contribution is 2.50. The maximum absolute atomic E-state index is 13.6. The third-order valence-corrected chi connectivity index (χ3v) is 6.77. The normalized spacial score (nSPS) is 13.8. The zero-order valence-electron chi connectivity index (χ0n) is 17.9. The minimum Gasteiger partial charge on any atom is -0.465 e. The van der Waals surface area contributed by atoms with Crippen LogP contribution in [0.4, 0.5) is 5.69 Å². The Morgan fingerprint density at radius 3 is 2.06 bits per heavy atom. The molecule has 0 aliphatic heterocycles. The van der Waals surface area contributed by atoms with Crippen LogP contribution < -0.4 is 9.05 Å². The molecule has 0 N–H and O–H groups in total. The van der Waals surface area contributed by atoms with E-state index in [9.17, 15) is 19.5 Å². The zero-order chi connectivity index (χ0) is 22.9. The summed E-state index contributed by atoms with van der Waals surface area (Å²) in [6, 6.07) is 13.7. The van der Waals surface area contributed by atoms with Crippen LogP contribution in [0.3, 0.4) is 0 Å². The highest BCUT2D eigenvalue weighted by Gasteiger charge is 2.34. The minimum absolute atomic E-state index is 0.121. The van der Waals surface area contributed by atoms with Gasteiger partial charge in [0.05, 0.1) is 23.6 Å². The fourth-order valence-electron chi connectivity index (χ4n) is 2.80.